The minimum Gasteiger partial charge on any atom is -0.484 e. The number of hydrogen-bond acceptors (Lipinski definition) is 6. The van der Waals surface area contributed by atoms with Gasteiger partial charge in [-0.15, -0.1) is 0 Å². The van der Waals surface area contributed by atoms with Crippen molar-refractivity contribution in [2.45, 2.75) is 57.7 Å². The Labute approximate surface area is 124 Å². The largest absolute Gasteiger partial charge is 0.484 e. The minimum absolute atomic E-state index is 0.115. The normalized spacial score (nSPS) is 26.8. The van der Waals surface area contributed by atoms with Crippen LogP contribution in [-0.2, 0) is 0 Å². The number of fused-ring (bicyclic) bond motifs is 1. The monoisotopic (exact) mass is 296 g/mol. The summed E-state index contributed by atoms with van der Waals surface area (Å²) >= 11 is 1.41. The zero-order chi connectivity index (χ0) is 14.1. The number of aromatic nitrogens is 1. The molecular weight excluding hydrogens is 272 g/mol. The first kappa shape index (κ1) is 13.9. The van der Waals surface area contributed by atoms with Crippen molar-refractivity contribution in [1.82, 2.24) is 9.27 Å². The molecule has 3 N–H and O–H groups in total. The number of nitrogens with one attached hydrogen (secondary N) is 1. The Morgan fingerprint density at radius 2 is 2.20 bits per heavy atom. The van der Waals surface area contributed by atoms with E-state index in [2.05, 4.69) is 14.6 Å². The van der Waals surface area contributed by atoms with Gasteiger partial charge in [0, 0.05) is 18.6 Å². The van der Waals surface area contributed by atoms with E-state index in [4.69, 9.17) is 10.5 Å². The lowest BCUT2D eigenvalue weighted by molar-refractivity contribution is 0.192. The van der Waals surface area contributed by atoms with Crippen LogP contribution in [0.15, 0.2) is 0 Å². The smallest absolute Gasteiger partial charge is 0.197 e. The zero-order valence-electron chi connectivity index (χ0n) is 12.3. The van der Waals surface area contributed by atoms with E-state index in [-0.39, 0.29) is 6.10 Å². The van der Waals surface area contributed by atoms with Crippen LogP contribution in [0.1, 0.15) is 39.5 Å². The number of ether oxygens (including phenoxy) is 1. The second kappa shape index (κ2) is 5.77. The summed E-state index contributed by atoms with van der Waals surface area (Å²) in [5.41, 5.74) is 5.92. The number of anilines is 2. The molecule has 1 aromatic heterocycles. The molecule has 6 heteroatoms. The highest BCUT2D eigenvalue weighted by Crippen LogP contribution is 2.38. The molecule has 2 saturated heterocycles. The molecule has 2 aliphatic heterocycles. The van der Waals surface area contributed by atoms with Gasteiger partial charge in [0.05, 0.1) is 6.10 Å². The molecule has 0 radical (unpaired) electrons. The van der Waals surface area contributed by atoms with Crippen LogP contribution in [0.4, 0.5) is 10.8 Å². The standard InChI is InChI=1S/C14H24N4OS/c1-9(2)19-12-13(15)17-20-14(12)16-10-6-8-18-7-4-3-5-11(10)18/h9-11,16H,3-8H2,1-2H3,(H2,15,17). The third-order valence-corrected chi connectivity index (χ3v) is 4.97. The predicted octanol–water partition coefficient (Wildman–Crippen LogP) is 2.55. The van der Waals surface area contributed by atoms with E-state index in [0.717, 1.165) is 10.8 Å². The number of nitrogens with two attached hydrogens (primary N) is 1. The number of nitrogens with zero attached hydrogens (tertiary/aromatic N) is 2. The van der Waals surface area contributed by atoms with Crippen LogP contribution in [0.3, 0.4) is 0 Å². The average molecular weight is 296 g/mol. The van der Waals surface area contributed by atoms with Gasteiger partial charge in [-0.05, 0) is 51.2 Å². The van der Waals surface area contributed by atoms with Crippen LogP contribution in [0.5, 0.6) is 5.75 Å². The average Bonchev–Trinajstić information content (AvgIpc) is 2.97. The molecule has 0 saturated carbocycles. The Bertz CT molecular complexity index is 462. The van der Waals surface area contributed by atoms with E-state index in [9.17, 15) is 0 Å². The number of hydrogen-bond donors (Lipinski definition) is 2. The third-order valence-electron chi connectivity index (χ3n) is 4.20. The maximum atomic E-state index is 5.92. The number of piperidine rings is 1. The highest BCUT2D eigenvalue weighted by molar-refractivity contribution is 7.11. The van der Waals surface area contributed by atoms with E-state index in [1.807, 2.05) is 13.8 Å². The molecule has 0 aromatic carbocycles. The molecule has 0 spiro atoms. The first-order valence-corrected chi connectivity index (χ1v) is 8.35. The summed E-state index contributed by atoms with van der Waals surface area (Å²) in [6.45, 7) is 6.48. The molecule has 2 fully saturated rings. The summed E-state index contributed by atoms with van der Waals surface area (Å²) in [4.78, 5) is 2.62. The van der Waals surface area contributed by atoms with Crippen LogP contribution >= 0.6 is 11.5 Å². The van der Waals surface area contributed by atoms with Crippen molar-refractivity contribution in [3.63, 3.8) is 0 Å². The number of nitrogen functional groups attached to an aromatic ring is 1. The van der Waals surface area contributed by atoms with E-state index in [1.165, 1.54) is 50.3 Å². The van der Waals surface area contributed by atoms with Crippen molar-refractivity contribution in [2.75, 3.05) is 24.1 Å². The maximum Gasteiger partial charge on any atom is 0.197 e. The van der Waals surface area contributed by atoms with Crippen LogP contribution in [0.2, 0.25) is 0 Å². The Hall–Kier alpha value is -1.01. The van der Waals surface area contributed by atoms with Gasteiger partial charge < -0.3 is 15.8 Å². The molecule has 2 aliphatic rings. The molecule has 0 bridgehead atoms. The van der Waals surface area contributed by atoms with Crippen LogP contribution in [0, 0.1) is 0 Å². The van der Waals surface area contributed by atoms with Crippen LogP contribution < -0.4 is 15.8 Å². The quantitative estimate of drug-likeness (QED) is 0.894. The SMILES string of the molecule is CC(C)Oc1c(N)nsc1NC1CCN2CCCCC12. The predicted molar refractivity (Wildman–Crippen MR) is 83.5 cm³/mol. The Kier molecular flexibility index (Phi) is 4.03. The fraction of sp³-hybridized carbons (Fsp3) is 0.786. The molecule has 1 aromatic rings. The van der Waals surface area contributed by atoms with Gasteiger partial charge >= 0.3 is 0 Å². The van der Waals surface area contributed by atoms with Gasteiger partial charge in [-0.1, -0.05) is 6.42 Å². The van der Waals surface area contributed by atoms with Gasteiger partial charge in [0.1, 0.15) is 0 Å². The van der Waals surface area contributed by atoms with E-state index < -0.39 is 0 Å². The van der Waals surface area contributed by atoms with E-state index in [0.29, 0.717) is 17.9 Å². The summed E-state index contributed by atoms with van der Waals surface area (Å²) in [5, 5.41) is 4.64. The van der Waals surface area contributed by atoms with E-state index in [1.54, 1.807) is 0 Å². The first-order chi connectivity index (χ1) is 9.65. The highest BCUT2D eigenvalue weighted by atomic mass is 32.1. The fourth-order valence-corrected chi connectivity index (χ4v) is 4.03. The lowest BCUT2D eigenvalue weighted by atomic mass is 9.99. The second-order valence-electron chi connectivity index (χ2n) is 6.03. The highest BCUT2D eigenvalue weighted by Gasteiger charge is 2.36. The zero-order valence-corrected chi connectivity index (χ0v) is 13.1. The molecule has 0 aliphatic carbocycles. The van der Waals surface area contributed by atoms with Crippen molar-refractivity contribution in [1.29, 1.82) is 0 Å². The molecule has 5 nitrogen and oxygen atoms in total. The van der Waals surface area contributed by atoms with Crippen molar-refractivity contribution in [3.05, 3.63) is 0 Å². The fourth-order valence-electron chi connectivity index (χ4n) is 3.32. The number of rotatable bonds is 4. The summed E-state index contributed by atoms with van der Waals surface area (Å²) in [6, 6.07) is 1.17. The van der Waals surface area contributed by atoms with Gasteiger partial charge in [0.15, 0.2) is 16.6 Å². The van der Waals surface area contributed by atoms with Crippen LogP contribution in [-0.4, -0.2) is 40.6 Å². The van der Waals surface area contributed by atoms with Crippen molar-refractivity contribution in [2.24, 2.45) is 0 Å². The Morgan fingerprint density at radius 1 is 1.35 bits per heavy atom. The molecule has 20 heavy (non-hydrogen) atoms. The molecule has 3 rings (SSSR count). The van der Waals surface area contributed by atoms with Gasteiger partial charge in [0.2, 0.25) is 0 Å². The Morgan fingerprint density at radius 3 is 3.00 bits per heavy atom. The lowest BCUT2D eigenvalue weighted by Gasteiger charge is -2.32. The third kappa shape index (κ3) is 2.72. The second-order valence-corrected chi connectivity index (χ2v) is 6.80. The summed E-state index contributed by atoms with van der Waals surface area (Å²) in [7, 11) is 0. The van der Waals surface area contributed by atoms with Gasteiger partial charge in [-0.25, -0.2) is 0 Å². The summed E-state index contributed by atoms with van der Waals surface area (Å²) < 4.78 is 10.0. The van der Waals surface area contributed by atoms with Crippen molar-refractivity contribution >= 4 is 22.4 Å². The van der Waals surface area contributed by atoms with Crippen molar-refractivity contribution < 1.29 is 4.74 Å². The van der Waals surface area contributed by atoms with Crippen molar-refractivity contribution in [3.8, 4) is 5.75 Å². The van der Waals surface area contributed by atoms with Gasteiger partial charge in [-0.3, -0.25) is 4.90 Å². The minimum atomic E-state index is 0.115. The van der Waals surface area contributed by atoms with Gasteiger partial charge in [0.25, 0.3) is 0 Å². The molecule has 3 heterocycles. The van der Waals surface area contributed by atoms with E-state index >= 15 is 0 Å². The maximum absolute atomic E-state index is 5.92. The summed E-state index contributed by atoms with van der Waals surface area (Å²) in [6.07, 6.45) is 5.30. The molecule has 2 atom stereocenters. The van der Waals surface area contributed by atoms with Crippen LogP contribution in [0.25, 0.3) is 0 Å². The molecule has 112 valence electrons. The molecular formula is C14H24N4OS. The lowest BCUT2D eigenvalue weighted by Crippen LogP contribution is -2.41. The Balaban J connectivity index is 1.71. The summed E-state index contributed by atoms with van der Waals surface area (Å²) in [5.74, 6) is 1.24. The topological polar surface area (TPSA) is 63.4 Å². The first-order valence-electron chi connectivity index (χ1n) is 7.57. The van der Waals surface area contributed by atoms with Gasteiger partial charge in [-0.2, -0.15) is 4.37 Å². The molecule has 2 unspecified atom stereocenters. The molecule has 0 amide bonds.